The monoisotopic (exact) mass is 461 g/mol. The number of aliphatic carboxylic acids is 1. The number of carbonyl (C=O) groups excluding carboxylic acids is 1. The third kappa shape index (κ3) is 5.33. The minimum absolute atomic E-state index is 0.415. The number of carboxylic acid groups (broad SMARTS) is 1. The maximum atomic E-state index is 12.0. The van der Waals surface area contributed by atoms with Gasteiger partial charge in [-0.05, 0) is 28.3 Å². The van der Waals surface area contributed by atoms with Crippen LogP contribution in [0.4, 0.5) is 0 Å². The highest BCUT2D eigenvalue weighted by atomic mass is 32.1. The molecule has 166 valence electrons. The van der Waals surface area contributed by atoms with Crippen molar-refractivity contribution in [2.45, 2.75) is 19.9 Å². The quantitative estimate of drug-likeness (QED) is 0.403. The van der Waals surface area contributed by atoms with Gasteiger partial charge in [-0.3, -0.25) is 4.79 Å². The van der Waals surface area contributed by atoms with Crippen LogP contribution in [0.2, 0.25) is 0 Å². The van der Waals surface area contributed by atoms with Gasteiger partial charge in [-0.25, -0.2) is 9.48 Å². The van der Waals surface area contributed by atoms with Crippen molar-refractivity contribution in [3.05, 3.63) is 76.1 Å². The van der Waals surface area contributed by atoms with E-state index in [-0.39, 0.29) is 0 Å². The molecule has 0 atom stereocenters. The molecule has 10 nitrogen and oxygen atoms in total. The minimum atomic E-state index is -1.20. The van der Waals surface area contributed by atoms with E-state index in [0.717, 1.165) is 39.4 Å². The molecular formula is C22H19N7O3S. The Hall–Kier alpha value is -4.25. The van der Waals surface area contributed by atoms with Crippen LogP contribution in [0, 0.1) is 0 Å². The van der Waals surface area contributed by atoms with Crippen molar-refractivity contribution in [1.29, 1.82) is 0 Å². The summed E-state index contributed by atoms with van der Waals surface area (Å²) in [5.74, 6) is -1.33. The first-order chi connectivity index (χ1) is 16.0. The van der Waals surface area contributed by atoms with Crippen molar-refractivity contribution in [3.63, 3.8) is 0 Å². The summed E-state index contributed by atoms with van der Waals surface area (Å²) in [4.78, 5) is 27.0. The Kier molecular flexibility index (Phi) is 6.60. The van der Waals surface area contributed by atoms with Crippen LogP contribution in [0.1, 0.15) is 17.5 Å². The predicted octanol–water partition coefficient (Wildman–Crippen LogP) is 2.47. The Bertz CT molecular complexity index is 1370. The number of H-pyrrole nitrogens is 1. The third-order valence-corrected chi connectivity index (χ3v) is 5.74. The van der Waals surface area contributed by atoms with Crippen molar-refractivity contribution < 1.29 is 14.7 Å². The van der Waals surface area contributed by atoms with Crippen LogP contribution in [0.5, 0.6) is 0 Å². The number of carboxylic acids is 1. The molecule has 33 heavy (non-hydrogen) atoms. The van der Waals surface area contributed by atoms with Gasteiger partial charge < -0.3 is 5.11 Å². The van der Waals surface area contributed by atoms with Gasteiger partial charge in [0.25, 0.3) is 5.91 Å². The average molecular weight is 462 g/mol. The zero-order valence-electron chi connectivity index (χ0n) is 17.5. The second-order valence-electron chi connectivity index (χ2n) is 6.89. The van der Waals surface area contributed by atoms with Gasteiger partial charge in [0.2, 0.25) is 10.6 Å². The molecule has 0 saturated carbocycles. The number of aromatic amines is 1. The number of rotatable bonds is 7. The molecule has 4 rings (SSSR count). The highest BCUT2D eigenvalue weighted by Crippen LogP contribution is 2.29. The summed E-state index contributed by atoms with van der Waals surface area (Å²) in [5, 5.41) is 28.3. The van der Waals surface area contributed by atoms with Crippen molar-refractivity contribution in [2.24, 2.45) is 4.99 Å². The molecule has 2 aromatic heterocycles. The number of tetrazole rings is 1. The molecule has 0 spiro atoms. The maximum absolute atomic E-state index is 12.0. The lowest BCUT2D eigenvalue weighted by Gasteiger charge is -2.08. The van der Waals surface area contributed by atoms with E-state index in [4.69, 9.17) is 5.11 Å². The zero-order valence-corrected chi connectivity index (χ0v) is 18.4. The topological polar surface area (TPSA) is 139 Å². The minimum Gasteiger partial charge on any atom is -0.478 e. The molecule has 1 amide bonds. The first-order valence-electron chi connectivity index (χ1n) is 10.0. The zero-order chi connectivity index (χ0) is 23.2. The van der Waals surface area contributed by atoms with Gasteiger partial charge in [0.05, 0.1) is 6.54 Å². The molecule has 2 heterocycles. The molecule has 0 aliphatic heterocycles. The van der Waals surface area contributed by atoms with Crippen molar-refractivity contribution in [2.75, 3.05) is 0 Å². The summed E-state index contributed by atoms with van der Waals surface area (Å²) in [5.41, 5.74) is 3.82. The molecule has 0 aliphatic carbocycles. The van der Waals surface area contributed by atoms with Crippen LogP contribution < -0.4 is 4.80 Å². The highest BCUT2D eigenvalue weighted by molar-refractivity contribution is 7.08. The molecule has 4 aromatic rings. The Labute approximate surface area is 192 Å². The van der Waals surface area contributed by atoms with Gasteiger partial charge in [-0.15, -0.1) is 10.2 Å². The van der Waals surface area contributed by atoms with E-state index in [1.54, 1.807) is 4.68 Å². The summed E-state index contributed by atoms with van der Waals surface area (Å²) < 4.78 is 1.65. The van der Waals surface area contributed by atoms with Gasteiger partial charge in [0.1, 0.15) is 5.01 Å². The van der Waals surface area contributed by atoms with E-state index in [2.05, 4.69) is 30.7 Å². The van der Waals surface area contributed by atoms with Gasteiger partial charge in [-0.2, -0.15) is 15.3 Å². The van der Waals surface area contributed by atoms with Crippen molar-refractivity contribution in [3.8, 4) is 22.5 Å². The van der Waals surface area contributed by atoms with E-state index >= 15 is 0 Å². The number of carbonyl (C=O) groups is 2. The van der Waals surface area contributed by atoms with E-state index < -0.39 is 11.9 Å². The number of hydrogen-bond donors (Lipinski definition) is 2. The Morgan fingerprint density at radius 2 is 1.88 bits per heavy atom. The van der Waals surface area contributed by atoms with Crippen LogP contribution in [0.15, 0.2) is 65.7 Å². The number of hydrogen-bond acceptors (Lipinski definition) is 7. The molecule has 0 saturated heterocycles. The fraction of sp³-hybridized carbons (Fsp3) is 0.136. The molecule has 0 fully saturated rings. The van der Waals surface area contributed by atoms with Crippen LogP contribution in [-0.2, 0) is 22.6 Å². The summed E-state index contributed by atoms with van der Waals surface area (Å²) in [6.45, 7) is 2.38. The van der Waals surface area contributed by atoms with E-state index in [0.29, 0.717) is 23.6 Å². The van der Waals surface area contributed by atoms with E-state index in [1.165, 1.54) is 11.3 Å². The van der Waals surface area contributed by atoms with Crippen LogP contribution in [0.25, 0.3) is 22.5 Å². The number of nitrogens with zero attached hydrogens (tertiary/aromatic N) is 6. The average Bonchev–Trinajstić information content (AvgIpc) is 3.49. The lowest BCUT2D eigenvalue weighted by Crippen LogP contribution is -2.18. The molecule has 2 N–H and O–H groups in total. The molecule has 0 bridgehead atoms. The van der Waals surface area contributed by atoms with Crippen LogP contribution in [-0.4, -0.2) is 47.4 Å². The Balaban J connectivity index is 1.61. The standard InChI is InChI=1S/C22H19N7O3S/c1-2-19-26-29(22(33-19)23-18(30)11-12-20(31)32)13-14-7-9-15(10-8-14)16-5-3-4-6-17(16)21-24-27-28-25-21/h3-12H,2,13H2,1H3,(H,31,32)(H,24,25,27,28). The van der Waals surface area contributed by atoms with Gasteiger partial charge >= 0.3 is 5.97 Å². The van der Waals surface area contributed by atoms with Crippen LogP contribution >= 0.6 is 11.3 Å². The van der Waals surface area contributed by atoms with E-state index in [9.17, 15) is 9.59 Å². The summed E-state index contributed by atoms with van der Waals surface area (Å²) in [6.07, 6.45) is 2.39. The maximum Gasteiger partial charge on any atom is 0.328 e. The molecule has 0 aliphatic rings. The number of aromatic nitrogens is 6. The highest BCUT2D eigenvalue weighted by Gasteiger charge is 2.11. The normalized spacial score (nSPS) is 11.8. The first kappa shape index (κ1) is 22.0. The number of nitrogens with one attached hydrogen (secondary N) is 1. The smallest absolute Gasteiger partial charge is 0.328 e. The number of benzene rings is 2. The Morgan fingerprint density at radius 1 is 1.12 bits per heavy atom. The lowest BCUT2D eigenvalue weighted by molar-refractivity contribution is -0.131. The lowest BCUT2D eigenvalue weighted by atomic mass is 9.98. The molecule has 2 aromatic carbocycles. The summed E-state index contributed by atoms with van der Waals surface area (Å²) >= 11 is 1.30. The van der Waals surface area contributed by atoms with Crippen molar-refractivity contribution in [1.82, 2.24) is 30.4 Å². The summed E-state index contributed by atoms with van der Waals surface area (Å²) in [6, 6.07) is 15.8. The fourth-order valence-corrected chi connectivity index (χ4v) is 3.97. The Morgan fingerprint density at radius 3 is 2.55 bits per heavy atom. The largest absolute Gasteiger partial charge is 0.478 e. The SMILES string of the molecule is CCc1nn(Cc2ccc(-c3ccccc3-c3nn[nH]n3)cc2)c(=NC(=O)C=CC(=O)O)s1. The predicted molar refractivity (Wildman–Crippen MR) is 121 cm³/mol. The summed E-state index contributed by atoms with van der Waals surface area (Å²) in [7, 11) is 0. The van der Waals surface area contributed by atoms with Crippen molar-refractivity contribution >= 4 is 23.2 Å². The molecule has 0 radical (unpaired) electrons. The second kappa shape index (κ2) is 9.92. The second-order valence-corrected chi connectivity index (χ2v) is 7.93. The third-order valence-electron chi connectivity index (χ3n) is 4.65. The first-order valence-corrected chi connectivity index (χ1v) is 10.8. The number of aryl methyl sites for hydroxylation is 1. The molecule has 11 heteroatoms. The molecular weight excluding hydrogens is 442 g/mol. The molecule has 0 unspecified atom stereocenters. The van der Waals surface area contributed by atoms with Crippen LogP contribution in [0.3, 0.4) is 0 Å². The van der Waals surface area contributed by atoms with Gasteiger partial charge in [0, 0.05) is 17.7 Å². The van der Waals surface area contributed by atoms with Gasteiger partial charge in [-0.1, -0.05) is 66.8 Å². The fourth-order valence-electron chi connectivity index (χ4n) is 3.12. The number of amides is 1. The van der Waals surface area contributed by atoms with E-state index in [1.807, 2.05) is 55.5 Å². The van der Waals surface area contributed by atoms with Gasteiger partial charge in [0.15, 0.2) is 0 Å².